The highest BCUT2D eigenvalue weighted by Crippen LogP contribution is 2.09. The molecule has 0 saturated carbocycles. The van der Waals surface area contributed by atoms with E-state index in [1.54, 1.807) is 17.3 Å². The third-order valence-corrected chi connectivity index (χ3v) is 3.20. The standard InChI is InChI=1S/C13H19N5O2/c1-3-14-11-8-15-10(7-16-11)9-18-6-5-17(4-2)12(19)13(18)20/h7-8H,3-6,9H2,1-2H3,(H,14,16). The molecule has 7 heteroatoms. The Morgan fingerprint density at radius 3 is 2.40 bits per heavy atom. The molecular formula is C13H19N5O2. The van der Waals surface area contributed by atoms with E-state index in [1.165, 1.54) is 4.90 Å². The fourth-order valence-electron chi connectivity index (χ4n) is 2.07. The number of rotatable bonds is 5. The lowest BCUT2D eigenvalue weighted by Crippen LogP contribution is -2.53. The van der Waals surface area contributed by atoms with Gasteiger partial charge in [-0.2, -0.15) is 0 Å². The Morgan fingerprint density at radius 2 is 1.80 bits per heavy atom. The first-order chi connectivity index (χ1) is 9.65. The average molecular weight is 277 g/mol. The van der Waals surface area contributed by atoms with Crippen molar-refractivity contribution in [3.8, 4) is 0 Å². The SMILES string of the molecule is CCNc1cnc(CN2CCN(CC)C(=O)C2=O)cn1. The first-order valence-electron chi connectivity index (χ1n) is 6.78. The zero-order chi connectivity index (χ0) is 14.5. The molecule has 108 valence electrons. The van der Waals surface area contributed by atoms with Gasteiger partial charge in [-0.15, -0.1) is 0 Å². The van der Waals surface area contributed by atoms with Crippen LogP contribution in [0.5, 0.6) is 0 Å². The van der Waals surface area contributed by atoms with Gasteiger partial charge in [0.2, 0.25) is 0 Å². The summed E-state index contributed by atoms with van der Waals surface area (Å²) in [5.74, 6) is -0.193. The van der Waals surface area contributed by atoms with Crippen LogP contribution in [0, 0.1) is 0 Å². The van der Waals surface area contributed by atoms with E-state index in [-0.39, 0.29) is 0 Å². The molecular weight excluding hydrogens is 258 g/mol. The van der Waals surface area contributed by atoms with Crippen molar-refractivity contribution in [2.75, 3.05) is 31.5 Å². The number of amides is 2. The van der Waals surface area contributed by atoms with Crippen molar-refractivity contribution in [3.63, 3.8) is 0 Å². The van der Waals surface area contributed by atoms with E-state index in [2.05, 4.69) is 15.3 Å². The molecule has 1 saturated heterocycles. The summed E-state index contributed by atoms with van der Waals surface area (Å²) in [6.45, 7) is 6.62. The van der Waals surface area contributed by atoms with Crippen LogP contribution in [-0.4, -0.2) is 57.8 Å². The summed E-state index contributed by atoms with van der Waals surface area (Å²) in [5.41, 5.74) is 0.678. The molecule has 2 rings (SSSR count). The lowest BCUT2D eigenvalue weighted by molar-refractivity contribution is -0.156. The molecule has 0 aromatic carbocycles. The Balaban J connectivity index is 1.99. The van der Waals surface area contributed by atoms with Gasteiger partial charge in [-0.05, 0) is 13.8 Å². The molecule has 1 N–H and O–H groups in total. The van der Waals surface area contributed by atoms with E-state index < -0.39 is 11.8 Å². The van der Waals surface area contributed by atoms with Crippen molar-refractivity contribution in [3.05, 3.63) is 18.1 Å². The largest absolute Gasteiger partial charge is 0.369 e. The fourth-order valence-corrected chi connectivity index (χ4v) is 2.07. The maximum absolute atomic E-state index is 11.9. The van der Waals surface area contributed by atoms with Crippen LogP contribution in [0.1, 0.15) is 19.5 Å². The van der Waals surface area contributed by atoms with Crippen molar-refractivity contribution in [1.29, 1.82) is 0 Å². The normalized spacial score (nSPS) is 15.7. The minimum atomic E-state index is -0.462. The van der Waals surface area contributed by atoms with Crippen molar-refractivity contribution >= 4 is 17.6 Å². The molecule has 2 amide bonds. The molecule has 20 heavy (non-hydrogen) atoms. The van der Waals surface area contributed by atoms with Gasteiger partial charge in [-0.25, -0.2) is 4.98 Å². The molecule has 0 bridgehead atoms. The number of piperazine rings is 1. The number of nitrogens with one attached hydrogen (secondary N) is 1. The second-order valence-corrected chi connectivity index (χ2v) is 4.53. The molecule has 0 radical (unpaired) electrons. The minimum Gasteiger partial charge on any atom is -0.369 e. The zero-order valence-corrected chi connectivity index (χ0v) is 11.8. The van der Waals surface area contributed by atoms with E-state index in [0.29, 0.717) is 37.7 Å². The smallest absolute Gasteiger partial charge is 0.312 e. The lowest BCUT2D eigenvalue weighted by atomic mass is 10.2. The summed E-state index contributed by atoms with van der Waals surface area (Å²) >= 11 is 0. The predicted octanol–water partition coefficient (Wildman–Crippen LogP) is 0.0991. The molecule has 1 aliphatic heterocycles. The highest BCUT2D eigenvalue weighted by molar-refractivity contribution is 6.35. The maximum atomic E-state index is 11.9. The number of anilines is 1. The number of hydrogen-bond acceptors (Lipinski definition) is 5. The molecule has 2 heterocycles. The van der Waals surface area contributed by atoms with Gasteiger partial charge in [-0.3, -0.25) is 14.6 Å². The first-order valence-corrected chi connectivity index (χ1v) is 6.78. The van der Waals surface area contributed by atoms with Gasteiger partial charge in [0, 0.05) is 26.2 Å². The van der Waals surface area contributed by atoms with Gasteiger partial charge in [0.15, 0.2) is 0 Å². The molecule has 1 aliphatic rings. The summed E-state index contributed by atoms with van der Waals surface area (Å²) in [7, 11) is 0. The van der Waals surface area contributed by atoms with E-state index >= 15 is 0 Å². The zero-order valence-electron chi connectivity index (χ0n) is 11.8. The number of likely N-dealkylation sites (N-methyl/N-ethyl adjacent to an activating group) is 1. The van der Waals surface area contributed by atoms with Crippen molar-refractivity contribution in [2.45, 2.75) is 20.4 Å². The Morgan fingerprint density at radius 1 is 1.10 bits per heavy atom. The Hall–Kier alpha value is -2.18. The minimum absolute atomic E-state index is 0.321. The van der Waals surface area contributed by atoms with Gasteiger partial charge in [0.25, 0.3) is 0 Å². The maximum Gasteiger partial charge on any atom is 0.312 e. The molecule has 1 aromatic rings. The molecule has 0 spiro atoms. The third-order valence-electron chi connectivity index (χ3n) is 3.20. The van der Waals surface area contributed by atoms with E-state index in [0.717, 1.165) is 6.54 Å². The van der Waals surface area contributed by atoms with Crippen molar-refractivity contribution in [2.24, 2.45) is 0 Å². The first kappa shape index (κ1) is 14.2. The van der Waals surface area contributed by atoms with Crippen molar-refractivity contribution < 1.29 is 9.59 Å². The van der Waals surface area contributed by atoms with Gasteiger partial charge < -0.3 is 15.1 Å². The molecule has 1 fully saturated rings. The molecule has 0 unspecified atom stereocenters. The van der Waals surface area contributed by atoms with Crippen LogP contribution in [0.15, 0.2) is 12.4 Å². The number of carbonyl (C=O) groups excluding carboxylic acids is 2. The quantitative estimate of drug-likeness (QED) is 0.772. The van der Waals surface area contributed by atoms with E-state index in [9.17, 15) is 9.59 Å². The second-order valence-electron chi connectivity index (χ2n) is 4.53. The fraction of sp³-hybridized carbons (Fsp3) is 0.538. The Kier molecular flexibility index (Phi) is 4.49. The van der Waals surface area contributed by atoms with E-state index in [1.807, 2.05) is 13.8 Å². The van der Waals surface area contributed by atoms with Crippen molar-refractivity contribution in [1.82, 2.24) is 19.8 Å². The topological polar surface area (TPSA) is 78.4 Å². The third kappa shape index (κ3) is 3.04. The summed E-state index contributed by atoms with van der Waals surface area (Å²) in [4.78, 5) is 35.2. The van der Waals surface area contributed by atoms with E-state index in [4.69, 9.17) is 0 Å². The molecule has 0 atom stereocenters. The molecule has 0 aliphatic carbocycles. The highest BCUT2D eigenvalue weighted by Gasteiger charge is 2.31. The average Bonchev–Trinajstić information content (AvgIpc) is 2.46. The van der Waals surface area contributed by atoms with Crippen LogP contribution in [0.4, 0.5) is 5.82 Å². The Labute approximate surface area is 118 Å². The molecule has 1 aromatic heterocycles. The number of hydrogen-bond donors (Lipinski definition) is 1. The van der Waals surface area contributed by atoms with Crippen LogP contribution in [0.2, 0.25) is 0 Å². The predicted molar refractivity (Wildman–Crippen MR) is 73.9 cm³/mol. The lowest BCUT2D eigenvalue weighted by Gasteiger charge is -2.32. The molecule has 7 nitrogen and oxygen atoms in total. The summed E-state index contributed by atoms with van der Waals surface area (Å²) in [5, 5.41) is 3.05. The Bertz CT molecular complexity index is 488. The second kappa shape index (κ2) is 6.31. The number of aromatic nitrogens is 2. The van der Waals surface area contributed by atoms with Gasteiger partial charge >= 0.3 is 11.8 Å². The van der Waals surface area contributed by atoms with Crippen LogP contribution in [0.3, 0.4) is 0 Å². The summed E-state index contributed by atoms with van der Waals surface area (Å²) in [6.07, 6.45) is 3.26. The summed E-state index contributed by atoms with van der Waals surface area (Å²) in [6, 6.07) is 0. The van der Waals surface area contributed by atoms with Gasteiger partial charge in [0.05, 0.1) is 24.6 Å². The summed E-state index contributed by atoms with van der Waals surface area (Å²) < 4.78 is 0. The van der Waals surface area contributed by atoms with Crippen LogP contribution in [-0.2, 0) is 16.1 Å². The van der Waals surface area contributed by atoms with Gasteiger partial charge in [0.1, 0.15) is 5.82 Å². The highest BCUT2D eigenvalue weighted by atomic mass is 16.2. The van der Waals surface area contributed by atoms with Crippen LogP contribution < -0.4 is 5.32 Å². The number of nitrogens with zero attached hydrogens (tertiary/aromatic N) is 4. The van der Waals surface area contributed by atoms with Crippen LogP contribution in [0.25, 0.3) is 0 Å². The van der Waals surface area contributed by atoms with Crippen LogP contribution >= 0.6 is 0 Å². The van der Waals surface area contributed by atoms with Gasteiger partial charge in [-0.1, -0.05) is 0 Å². The monoisotopic (exact) mass is 277 g/mol. The number of carbonyl (C=O) groups is 2.